The van der Waals surface area contributed by atoms with Crippen molar-refractivity contribution >= 4 is 0 Å². The summed E-state index contributed by atoms with van der Waals surface area (Å²) in [5, 5.41) is 33.4. The number of fused-ring (bicyclic) bond motifs is 5. The summed E-state index contributed by atoms with van der Waals surface area (Å²) in [5.41, 5.74) is -1.06. The van der Waals surface area contributed by atoms with Crippen molar-refractivity contribution in [3.05, 3.63) is 35.9 Å². The number of aliphatic hydroxyl groups excluding tert-OH is 1. The van der Waals surface area contributed by atoms with Gasteiger partial charge in [0.2, 0.25) is 0 Å². The maximum absolute atomic E-state index is 12.3. The lowest BCUT2D eigenvalue weighted by atomic mass is 9.43. The van der Waals surface area contributed by atoms with E-state index >= 15 is 0 Å². The summed E-state index contributed by atoms with van der Waals surface area (Å²) in [5.74, 6) is 1.41. The van der Waals surface area contributed by atoms with Gasteiger partial charge in [0.05, 0.1) is 30.5 Å². The number of benzene rings is 1. The van der Waals surface area contributed by atoms with Gasteiger partial charge in [0, 0.05) is 5.41 Å². The van der Waals surface area contributed by atoms with Gasteiger partial charge in [0.15, 0.2) is 0 Å². The average Bonchev–Trinajstić information content (AvgIpc) is 3.00. The summed E-state index contributed by atoms with van der Waals surface area (Å²) in [7, 11) is 0. The van der Waals surface area contributed by atoms with Crippen molar-refractivity contribution in [1.82, 2.24) is 0 Å². The smallest absolute Gasteiger partial charge is 0.0978 e. The molecule has 4 nitrogen and oxygen atoms in total. The average molecular weight is 429 g/mol. The fourth-order valence-corrected chi connectivity index (χ4v) is 8.75. The van der Waals surface area contributed by atoms with E-state index in [0.29, 0.717) is 31.3 Å². The molecular weight excluding hydrogens is 388 g/mol. The molecule has 31 heavy (non-hydrogen) atoms. The molecule has 0 spiro atoms. The van der Waals surface area contributed by atoms with Crippen molar-refractivity contribution in [2.75, 3.05) is 13.2 Å². The minimum Gasteiger partial charge on any atom is -0.394 e. The Balaban J connectivity index is 1.43. The Kier molecular flexibility index (Phi) is 5.33. The Labute approximate surface area is 187 Å². The maximum atomic E-state index is 12.3. The highest BCUT2D eigenvalue weighted by Gasteiger charge is 2.71. The fraction of sp³-hybridized carbons (Fsp3) is 0.778. The standard InChI is InChI=1S/C27H40O4/c1-24-12-10-21(31-17-16-28)18-20(24)8-9-23-22(24)11-13-25(2)26(29,14-15-27(23,25)30)19-6-4-3-5-7-19/h3-7,20-23,28-30H,8-18H2,1-2H3/t20-,21+,22+,23-,24+,25-,26+,27+/m1/s1. The van der Waals surface area contributed by atoms with Crippen molar-refractivity contribution in [3.8, 4) is 0 Å². The molecule has 0 aromatic heterocycles. The Hall–Kier alpha value is -0.940. The Morgan fingerprint density at radius 2 is 1.68 bits per heavy atom. The molecule has 4 fully saturated rings. The lowest BCUT2D eigenvalue weighted by Gasteiger charge is -2.64. The highest BCUT2D eigenvalue weighted by molar-refractivity contribution is 5.32. The van der Waals surface area contributed by atoms with Gasteiger partial charge in [0.25, 0.3) is 0 Å². The number of rotatable bonds is 4. The van der Waals surface area contributed by atoms with Crippen LogP contribution in [0.4, 0.5) is 0 Å². The second-order valence-corrected chi connectivity index (χ2v) is 11.5. The van der Waals surface area contributed by atoms with E-state index in [1.54, 1.807) is 0 Å². The van der Waals surface area contributed by atoms with E-state index in [1.165, 1.54) is 0 Å². The quantitative estimate of drug-likeness (QED) is 0.664. The van der Waals surface area contributed by atoms with Crippen LogP contribution in [0.5, 0.6) is 0 Å². The molecule has 5 rings (SSSR count). The number of hydrogen-bond acceptors (Lipinski definition) is 4. The first-order chi connectivity index (χ1) is 14.8. The van der Waals surface area contributed by atoms with Crippen LogP contribution in [-0.2, 0) is 10.3 Å². The molecule has 0 heterocycles. The zero-order valence-corrected chi connectivity index (χ0v) is 19.2. The summed E-state index contributed by atoms with van der Waals surface area (Å²) in [6, 6.07) is 10.1. The van der Waals surface area contributed by atoms with Gasteiger partial charge >= 0.3 is 0 Å². The zero-order chi connectivity index (χ0) is 21.9. The van der Waals surface area contributed by atoms with Crippen LogP contribution in [-0.4, -0.2) is 40.2 Å². The van der Waals surface area contributed by atoms with E-state index in [0.717, 1.165) is 50.5 Å². The van der Waals surface area contributed by atoms with Gasteiger partial charge in [-0.2, -0.15) is 0 Å². The van der Waals surface area contributed by atoms with Crippen molar-refractivity contribution in [2.24, 2.45) is 28.6 Å². The van der Waals surface area contributed by atoms with Gasteiger partial charge in [0.1, 0.15) is 0 Å². The highest BCUT2D eigenvalue weighted by atomic mass is 16.5. The van der Waals surface area contributed by atoms with Crippen molar-refractivity contribution < 1.29 is 20.1 Å². The molecule has 3 N–H and O–H groups in total. The summed E-state index contributed by atoms with van der Waals surface area (Å²) in [4.78, 5) is 0. The monoisotopic (exact) mass is 428 g/mol. The first-order valence-corrected chi connectivity index (χ1v) is 12.5. The molecule has 4 aliphatic carbocycles. The molecule has 4 saturated carbocycles. The summed E-state index contributed by atoms with van der Waals surface area (Å²) in [6.07, 6.45) is 9.05. The molecule has 0 radical (unpaired) electrons. The molecule has 172 valence electrons. The molecule has 0 amide bonds. The SMILES string of the molecule is C[C@]12CC[C@H](OCCO)C[C@H]1CC[C@@H]1[C@@H]2CC[C@]2(C)[C@@](O)(c3ccccc3)CC[C@]12O. The molecular formula is C27H40O4. The molecule has 1 aromatic carbocycles. The number of hydrogen-bond donors (Lipinski definition) is 3. The van der Waals surface area contributed by atoms with Gasteiger partial charge in [-0.3, -0.25) is 0 Å². The van der Waals surface area contributed by atoms with Crippen LogP contribution in [0.2, 0.25) is 0 Å². The summed E-state index contributed by atoms with van der Waals surface area (Å²) < 4.78 is 5.91. The van der Waals surface area contributed by atoms with Crippen molar-refractivity contribution in [3.63, 3.8) is 0 Å². The van der Waals surface area contributed by atoms with Crippen molar-refractivity contribution in [1.29, 1.82) is 0 Å². The molecule has 0 unspecified atom stereocenters. The molecule has 4 aliphatic rings. The lowest BCUT2D eigenvalue weighted by Crippen LogP contribution is -2.64. The molecule has 0 saturated heterocycles. The first kappa shape index (κ1) is 21.9. The van der Waals surface area contributed by atoms with E-state index in [4.69, 9.17) is 9.84 Å². The number of ether oxygens (including phenoxy) is 1. The minimum atomic E-state index is -0.957. The van der Waals surface area contributed by atoms with E-state index in [9.17, 15) is 10.2 Å². The van der Waals surface area contributed by atoms with Crippen LogP contribution in [0.1, 0.15) is 77.2 Å². The molecule has 0 aliphatic heterocycles. The summed E-state index contributed by atoms with van der Waals surface area (Å²) in [6.45, 7) is 5.17. The van der Waals surface area contributed by atoms with Crippen LogP contribution in [0, 0.1) is 28.6 Å². The Morgan fingerprint density at radius 3 is 2.42 bits per heavy atom. The normalized spacial score (nSPS) is 49.2. The largest absolute Gasteiger partial charge is 0.394 e. The van der Waals surface area contributed by atoms with Gasteiger partial charge in [-0.25, -0.2) is 0 Å². The van der Waals surface area contributed by atoms with Gasteiger partial charge in [-0.15, -0.1) is 0 Å². The third-order valence-electron chi connectivity index (χ3n) is 10.6. The molecule has 1 aromatic rings. The summed E-state index contributed by atoms with van der Waals surface area (Å²) >= 11 is 0. The van der Waals surface area contributed by atoms with Crippen LogP contribution in [0.15, 0.2) is 30.3 Å². The second kappa shape index (κ2) is 7.55. The molecule has 8 atom stereocenters. The predicted molar refractivity (Wildman–Crippen MR) is 120 cm³/mol. The maximum Gasteiger partial charge on any atom is 0.0978 e. The Morgan fingerprint density at radius 1 is 0.903 bits per heavy atom. The lowest BCUT2D eigenvalue weighted by molar-refractivity contribution is -0.239. The number of aliphatic hydroxyl groups is 3. The van der Waals surface area contributed by atoms with Crippen molar-refractivity contribution in [2.45, 2.75) is 88.9 Å². The highest BCUT2D eigenvalue weighted by Crippen LogP contribution is 2.71. The van der Waals surface area contributed by atoms with E-state index in [1.807, 2.05) is 30.3 Å². The third-order valence-corrected chi connectivity index (χ3v) is 10.6. The van der Waals surface area contributed by atoms with Crippen LogP contribution >= 0.6 is 0 Å². The third kappa shape index (κ3) is 2.94. The van der Waals surface area contributed by atoms with E-state index in [-0.39, 0.29) is 24.0 Å². The first-order valence-electron chi connectivity index (χ1n) is 12.5. The topological polar surface area (TPSA) is 69.9 Å². The fourth-order valence-electron chi connectivity index (χ4n) is 8.75. The van der Waals surface area contributed by atoms with Crippen LogP contribution in [0.3, 0.4) is 0 Å². The van der Waals surface area contributed by atoms with Crippen LogP contribution < -0.4 is 0 Å². The van der Waals surface area contributed by atoms with E-state index < -0.39 is 16.6 Å². The van der Waals surface area contributed by atoms with Crippen LogP contribution in [0.25, 0.3) is 0 Å². The van der Waals surface area contributed by atoms with Gasteiger partial charge in [-0.05, 0) is 86.5 Å². The minimum absolute atomic E-state index is 0.0963. The van der Waals surface area contributed by atoms with Gasteiger partial charge < -0.3 is 20.1 Å². The Bertz CT molecular complexity index is 798. The van der Waals surface area contributed by atoms with E-state index in [2.05, 4.69) is 13.8 Å². The molecule has 4 heteroatoms. The predicted octanol–water partition coefficient (Wildman–Crippen LogP) is 4.41. The van der Waals surface area contributed by atoms with Gasteiger partial charge in [-0.1, -0.05) is 44.2 Å². The second-order valence-electron chi connectivity index (χ2n) is 11.5. The zero-order valence-electron chi connectivity index (χ0n) is 19.2. The molecule has 0 bridgehead atoms.